The summed E-state index contributed by atoms with van der Waals surface area (Å²) in [6.07, 6.45) is 0.863. The number of aromatic nitrogens is 1. The van der Waals surface area contributed by atoms with Gasteiger partial charge in [0.25, 0.3) is 0 Å². The Morgan fingerprint density at radius 3 is 2.06 bits per heavy atom. The number of benzene rings is 3. The van der Waals surface area contributed by atoms with Gasteiger partial charge in [-0.25, -0.2) is 4.98 Å². The molecule has 4 heteroatoms. The van der Waals surface area contributed by atoms with Gasteiger partial charge in [-0.15, -0.1) is 11.8 Å². The monoisotopic (exact) mass is 422 g/mol. The van der Waals surface area contributed by atoms with Crippen LogP contribution in [0.1, 0.15) is 12.0 Å². The summed E-state index contributed by atoms with van der Waals surface area (Å²) in [5, 5.41) is 10.7. The highest BCUT2D eigenvalue weighted by molar-refractivity contribution is 7.99. The van der Waals surface area contributed by atoms with E-state index >= 15 is 0 Å². The summed E-state index contributed by atoms with van der Waals surface area (Å²) in [5.41, 5.74) is 4.48. The molecule has 0 aliphatic carbocycles. The second-order valence-electron chi connectivity index (χ2n) is 6.94. The Labute approximate surface area is 187 Å². The molecule has 0 saturated heterocycles. The summed E-state index contributed by atoms with van der Waals surface area (Å²) in [5.74, 6) is 1.70. The Balaban J connectivity index is 1.57. The quantitative estimate of drug-likeness (QED) is 0.230. The van der Waals surface area contributed by atoms with Crippen LogP contribution in [0.2, 0.25) is 0 Å². The van der Waals surface area contributed by atoms with Gasteiger partial charge in [0.05, 0.1) is 17.9 Å². The maximum Gasteiger partial charge on any atom is 0.119 e. The van der Waals surface area contributed by atoms with Crippen molar-refractivity contribution in [3.05, 3.63) is 103 Å². The lowest BCUT2D eigenvalue weighted by molar-refractivity contribution is 0.318. The molecule has 1 heterocycles. The van der Waals surface area contributed by atoms with E-state index in [1.165, 1.54) is 0 Å². The third kappa shape index (κ3) is 5.33. The summed E-state index contributed by atoms with van der Waals surface area (Å²) < 4.78 is 5.79. The Morgan fingerprint density at radius 1 is 0.806 bits per heavy atom. The largest absolute Gasteiger partial charge is 0.494 e. The predicted octanol–water partition coefficient (Wildman–Crippen LogP) is 6.85. The van der Waals surface area contributed by atoms with E-state index in [-0.39, 0.29) is 0 Å². The summed E-state index contributed by atoms with van der Waals surface area (Å²) in [7, 11) is 0. The van der Waals surface area contributed by atoms with Crippen molar-refractivity contribution in [3.63, 3.8) is 0 Å². The van der Waals surface area contributed by atoms with Crippen molar-refractivity contribution in [1.29, 1.82) is 5.26 Å². The minimum atomic E-state index is 0.625. The molecule has 0 amide bonds. The van der Waals surface area contributed by atoms with Gasteiger partial charge in [-0.2, -0.15) is 5.26 Å². The molecule has 4 aromatic rings. The fourth-order valence-corrected chi connectivity index (χ4v) is 4.19. The highest BCUT2D eigenvalue weighted by Gasteiger charge is 2.15. The van der Waals surface area contributed by atoms with Gasteiger partial charge >= 0.3 is 0 Å². The van der Waals surface area contributed by atoms with Crippen LogP contribution in [0.15, 0.2) is 102 Å². The van der Waals surface area contributed by atoms with E-state index in [1.54, 1.807) is 11.8 Å². The summed E-state index contributed by atoms with van der Waals surface area (Å²) in [4.78, 5) is 4.86. The van der Waals surface area contributed by atoms with Gasteiger partial charge in [-0.1, -0.05) is 78.9 Å². The molecular formula is C27H22N2OS. The molecule has 0 saturated carbocycles. The first-order chi connectivity index (χ1) is 15.3. The van der Waals surface area contributed by atoms with E-state index in [0.29, 0.717) is 12.2 Å². The fraction of sp³-hybridized carbons (Fsp3) is 0.111. The minimum absolute atomic E-state index is 0.625. The molecule has 0 aliphatic heterocycles. The molecule has 0 fully saturated rings. The number of hydrogen-bond donors (Lipinski definition) is 0. The number of hydrogen-bond acceptors (Lipinski definition) is 4. The highest BCUT2D eigenvalue weighted by Crippen LogP contribution is 2.34. The van der Waals surface area contributed by atoms with Crippen LogP contribution in [-0.2, 0) is 0 Å². The molecule has 152 valence electrons. The van der Waals surface area contributed by atoms with E-state index in [4.69, 9.17) is 9.72 Å². The third-order valence-electron chi connectivity index (χ3n) is 4.79. The molecule has 0 spiro atoms. The van der Waals surface area contributed by atoms with Gasteiger partial charge in [0.2, 0.25) is 0 Å². The SMILES string of the molecule is N#Cc1c(-c2ccccc2)cc(-c2ccccc2)nc1SCCCOc1ccccc1. The van der Waals surface area contributed by atoms with Crippen LogP contribution in [-0.4, -0.2) is 17.3 Å². The van der Waals surface area contributed by atoms with E-state index in [1.807, 2.05) is 97.1 Å². The van der Waals surface area contributed by atoms with Gasteiger partial charge in [0, 0.05) is 16.9 Å². The van der Waals surface area contributed by atoms with E-state index in [0.717, 1.165) is 45.3 Å². The van der Waals surface area contributed by atoms with Crippen molar-refractivity contribution in [1.82, 2.24) is 4.98 Å². The van der Waals surface area contributed by atoms with Crippen LogP contribution < -0.4 is 4.74 Å². The number of rotatable bonds is 8. The van der Waals surface area contributed by atoms with E-state index < -0.39 is 0 Å². The van der Waals surface area contributed by atoms with Crippen molar-refractivity contribution < 1.29 is 4.74 Å². The van der Waals surface area contributed by atoms with Crippen molar-refractivity contribution in [3.8, 4) is 34.2 Å². The zero-order valence-corrected chi connectivity index (χ0v) is 17.9. The fourth-order valence-electron chi connectivity index (χ4n) is 3.27. The van der Waals surface area contributed by atoms with Crippen molar-refractivity contribution in [2.45, 2.75) is 11.4 Å². The zero-order valence-electron chi connectivity index (χ0n) is 17.1. The molecule has 0 bridgehead atoms. The van der Waals surface area contributed by atoms with E-state index in [9.17, 15) is 5.26 Å². The Bertz CT molecular complexity index is 1160. The van der Waals surface area contributed by atoms with Crippen LogP contribution >= 0.6 is 11.8 Å². The molecule has 0 atom stereocenters. The molecule has 1 aromatic heterocycles. The molecule has 0 aliphatic rings. The molecule has 0 unspecified atom stereocenters. The van der Waals surface area contributed by atoms with Gasteiger partial charge in [0.1, 0.15) is 16.8 Å². The zero-order chi connectivity index (χ0) is 21.3. The van der Waals surface area contributed by atoms with Crippen LogP contribution in [0.5, 0.6) is 5.75 Å². The lowest BCUT2D eigenvalue weighted by Crippen LogP contribution is -2.00. The van der Waals surface area contributed by atoms with Gasteiger partial charge in [-0.3, -0.25) is 0 Å². The lowest BCUT2D eigenvalue weighted by atomic mass is 9.99. The van der Waals surface area contributed by atoms with Crippen molar-refractivity contribution >= 4 is 11.8 Å². The molecule has 0 N–H and O–H groups in total. The second kappa shape index (κ2) is 10.5. The van der Waals surface area contributed by atoms with Crippen molar-refractivity contribution in [2.75, 3.05) is 12.4 Å². The molecule has 4 rings (SSSR count). The maximum absolute atomic E-state index is 9.95. The number of thioether (sulfide) groups is 1. The van der Waals surface area contributed by atoms with Crippen LogP contribution in [0.4, 0.5) is 0 Å². The normalized spacial score (nSPS) is 10.4. The number of para-hydroxylation sites is 1. The lowest BCUT2D eigenvalue weighted by Gasteiger charge is -2.13. The average Bonchev–Trinajstić information content (AvgIpc) is 2.85. The Kier molecular flexibility index (Phi) is 7.00. The first-order valence-electron chi connectivity index (χ1n) is 10.2. The molecule has 0 radical (unpaired) electrons. The molecule has 31 heavy (non-hydrogen) atoms. The standard InChI is InChI=1S/C27H22N2OS/c28-20-25-24(21-11-4-1-5-12-21)19-26(22-13-6-2-7-14-22)29-27(25)31-18-10-17-30-23-15-8-3-9-16-23/h1-9,11-16,19H,10,17-18H2. The highest BCUT2D eigenvalue weighted by atomic mass is 32.2. The molecule has 3 nitrogen and oxygen atoms in total. The average molecular weight is 423 g/mol. The molecular weight excluding hydrogens is 400 g/mol. The van der Waals surface area contributed by atoms with Crippen LogP contribution in [0, 0.1) is 11.3 Å². The van der Waals surface area contributed by atoms with Gasteiger partial charge in [-0.05, 0) is 30.2 Å². The first kappa shape index (κ1) is 20.7. The van der Waals surface area contributed by atoms with E-state index in [2.05, 4.69) is 6.07 Å². The maximum atomic E-state index is 9.95. The molecule has 3 aromatic carbocycles. The Morgan fingerprint density at radius 2 is 1.42 bits per heavy atom. The van der Waals surface area contributed by atoms with Crippen molar-refractivity contribution in [2.24, 2.45) is 0 Å². The number of ether oxygens (including phenoxy) is 1. The number of pyridine rings is 1. The van der Waals surface area contributed by atoms with Crippen LogP contribution in [0.3, 0.4) is 0 Å². The smallest absolute Gasteiger partial charge is 0.119 e. The summed E-state index contributed by atoms with van der Waals surface area (Å²) >= 11 is 1.61. The summed E-state index contributed by atoms with van der Waals surface area (Å²) in [6.45, 7) is 0.628. The minimum Gasteiger partial charge on any atom is -0.494 e. The second-order valence-corrected chi connectivity index (χ2v) is 8.03. The topological polar surface area (TPSA) is 45.9 Å². The Hall–Kier alpha value is -3.55. The third-order valence-corrected chi connectivity index (χ3v) is 5.85. The van der Waals surface area contributed by atoms with Gasteiger partial charge in [0.15, 0.2) is 0 Å². The van der Waals surface area contributed by atoms with Crippen LogP contribution in [0.25, 0.3) is 22.4 Å². The summed E-state index contributed by atoms with van der Waals surface area (Å²) in [6, 6.07) is 34.4. The predicted molar refractivity (Wildman–Crippen MR) is 127 cm³/mol. The number of nitrogens with zero attached hydrogens (tertiary/aromatic N) is 2. The van der Waals surface area contributed by atoms with Gasteiger partial charge < -0.3 is 4.74 Å². The number of nitriles is 1. The first-order valence-corrected chi connectivity index (χ1v) is 11.2.